The molecule has 0 atom stereocenters. The van der Waals surface area contributed by atoms with Gasteiger partial charge in [0.2, 0.25) is 5.95 Å². The quantitative estimate of drug-likeness (QED) is 0.841. The average Bonchev–Trinajstić information content (AvgIpc) is 2.50. The van der Waals surface area contributed by atoms with Gasteiger partial charge >= 0.3 is 0 Å². The topological polar surface area (TPSA) is 75.1 Å². The molecule has 1 aromatic heterocycles. The number of aryl methyl sites for hydroxylation is 1. The van der Waals surface area contributed by atoms with Crippen molar-refractivity contribution in [3.8, 4) is 11.8 Å². The molecular formula is C16H15N3O2. The van der Waals surface area contributed by atoms with E-state index in [9.17, 15) is 4.79 Å². The molecule has 2 rings (SSSR count). The average molecular weight is 281 g/mol. The van der Waals surface area contributed by atoms with Crippen LogP contribution in [0.3, 0.4) is 0 Å². The van der Waals surface area contributed by atoms with E-state index in [0.717, 1.165) is 11.1 Å². The fourth-order valence-electron chi connectivity index (χ4n) is 1.65. The van der Waals surface area contributed by atoms with Gasteiger partial charge in [0.1, 0.15) is 0 Å². The highest BCUT2D eigenvalue weighted by molar-refractivity contribution is 6.03. The minimum Gasteiger partial charge on any atom is -0.395 e. The van der Waals surface area contributed by atoms with Crippen LogP contribution in [0.25, 0.3) is 0 Å². The Morgan fingerprint density at radius 3 is 2.81 bits per heavy atom. The first-order valence-electron chi connectivity index (χ1n) is 6.49. The second kappa shape index (κ2) is 7.17. The summed E-state index contributed by atoms with van der Waals surface area (Å²) < 4.78 is 0. The van der Waals surface area contributed by atoms with Crippen LogP contribution in [0.5, 0.6) is 0 Å². The first kappa shape index (κ1) is 14.7. The molecule has 0 unspecified atom stereocenters. The molecule has 0 spiro atoms. The van der Waals surface area contributed by atoms with E-state index in [0.29, 0.717) is 12.0 Å². The molecule has 5 heteroatoms. The van der Waals surface area contributed by atoms with Crippen molar-refractivity contribution in [3.05, 3.63) is 53.3 Å². The Labute approximate surface area is 123 Å². The van der Waals surface area contributed by atoms with E-state index < -0.39 is 0 Å². The third-order valence-corrected chi connectivity index (χ3v) is 2.75. The highest BCUT2D eigenvalue weighted by atomic mass is 16.2. The number of carbonyl (C=O) groups is 1. The lowest BCUT2D eigenvalue weighted by Crippen LogP contribution is -2.14. The summed E-state index contributed by atoms with van der Waals surface area (Å²) in [5.41, 5.74) is 2.24. The van der Waals surface area contributed by atoms with Gasteiger partial charge in [-0.25, -0.2) is 9.97 Å². The van der Waals surface area contributed by atoms with E-state index in [1.54, 1.807) is 30.6 Å². The Bertz CT molecular complexity index is 688. The van der Waals surface area contributed by atoms with E-state index in [-0.39, 0.29) is 18.5 Å². The standard InChI is InChI=1S/C16H15N3O2/c1-12-6-7-14(11-13(12)5-2-3-10-20)15(21)19-16-17-8-4-9-18-16/h4,6-9,11,20H,3,10H2,1H3,(H,17,18,19,21). The summed E-state index contributed by atoms with van der Waals surface area (Å²) in [6.07, 6.45) is 3.53. The first-order valence-corrected chi connectivity index (χ1v) is 6.49. The monoisotopic (exact) mass is 281 g/mol. The molecule has 2 N–H and O–H groups in total. The molecular weight excluding hydrogens is 266 g/mol. The van der Waals surface area contributed by atoms with Crippen molar-refractivity contribution < 1.29 is 9.90 Å². The maximum absolute atomic E-state index is 12.1. The number of hydrogen-bond donors (Lipinski definition) is 2. The largest absolute Gasteiger partial charge is 0.395 e. The Morgan fingerprint density at radius 2 is 2.10 bits per heavy atom. The summed E-state index contributed by atoms with van der Waals surface area (Å²) in [7, 11) is 0. The molecule has 0 fully saturated rings. The van der Waals surface area contributed by atoms with Crippen molar-refractivity contribution >= 4 is 11.9 Å². The lowest BCUT2D eigenvalue weighted by atomic mass is 10.0. The van der Waals surface area contributed by atoms with Crippen molar-refractivity contribution in [2.45, 2.75) is 13.3 Å². The van der Waals surface area contributed by atoms with Crippen LogP contribution in [0.4, 0.5) is 5.95 Å². The van der Waals surface area contributed by atoms with Gasteiger partial charge in [0.25, 0.3) is 5.91 Å². The van der Waals surface area contributed by atoms with Crippen LogP contribution in [0.1, 0.15) is 27.9 Å². The van der Waals surface area contributed by atoms with Crippen molar-refractivity contribution in [3.63, 3.8) is 0 Å². The van der Waals surface area contributed by atoms with Gasteiger partial charge in [0.15, 0.2) is 0 Å². The molecule has 1 aromatic carbocycles. The van der Waals surface area contributed by atoms with Gasteiger partial charge in [-0.05, 0) is 30.7 Å². The number of nitrogens with one attached hydrogen (secondary N) is 1. The van der Waals surface area contributed by atoms with E-state index >= 15 is 0 Å². The normalized spacial score (nSPS) is 9.62. The smallest absolute Gasteiger partial charge is 0.258 e. The van der Waals surface area contributed by atoms with Crippen molar-refractivity contribution in [1.29, 1.82) is 0 Å². The van der Waals surface area contributed by atoms with Crippen LogP contribution in [-0.2, 0) is 0 Å². The van der Waals surface area contributed by atoms with Gasteiger partial charge in [-0.2, -0.15) is 0 Å². The molecule has 0 aliphatic carbocycles. The zero-order valence-corrected chi connectivity index (χ0v) is 11.6. The highest BCUT2D eigenvalue weighted by Gasteiger charge is 2.08. The summed E-state index contributed by atoms with van der Waals surface area (Å²) in [5, 5.41) is 11.4. The molecule has 0 saturated carbocycles. The number of carbonyl (C=O) groups excluding carboxylic acids is 1. The van der Waals surface area contributed by atoms with Crippen LogP contribution in [-0.4, -0.2) is 27.6 Å². The summed E-state index contributed by atoms with van der Waals surface area (Å²) in [5.74, 6) is 5.78. The first-order chi connectivity index (χ1) is 10.2. The SMILES string of the molecule is Cc1ccc(C(=O)Nc2ncccn2)cc1C#CCCO. The molecule has 0 bridgehead atoms. The van der Waals surface area contributed by atoms with Crippen molar-refractivity contribution in [2.24, 2.45) is 0 Å². The number of hydrogen-bond acceptors (Lipinski definition) is 4. The summed E-state index contributed by atoms with van der Waals surface area (Å²) in [4.78, 5) is 20.0. The number of aliphatic hydroxyl groups is 1. The van der Waals surface area contributed by atoms with Crippen LogP contribution in [0.15, 0.2) is 36.7 Å². The van der Waals surface area contributed by atoms with Crippen LogP contribution in [0, 0.1) is 18.8 Å². The molecule has 1 amide bonds. The van der Waals surface area contributed by atoms with Gasteiger partial charge in [-0.1, -0.05) is 17.9 Å². The molecule has 0 aliphatic heterocycles. The molecule has 106 valence electrons. The van der Waals surface area contributed by atoms with Gasteiger partial charge in [0.05, 0.1) is 6.61 Å². The third kappa shape index (κ3) is 4.13. The van der Waals surface area contributed by atoms with E-state index in [2.05, 4.69) is 27.1 Å². The molecule has 0 radical (unpaired) electrons. The van der Waals surface area contributed by atoms with Crippen LogP contribution in [0.2, 0.25) is 0 Å². The zero-order valence-electron chi connectivity index (χ0n) is 11.6. The maximum Gasteiger partial charge on any atom is 0.258 e. The second-order valence-corrected chi connectivity index (χ2v) is 4.33. The predicted octanol–water partition coefficient (Wildman–Crippen LogP) is 1.77. The van der Waals surface area contributed by atoms with Crippen LogP contribution < -0.4 is 5.32 Å². The Hall–Kier alpha value is -2.71. The minimum atomic E-state index is -0.286. The fourth-order valence-corrected chi connectivity index (χ4v) is 1.65. The van der Waals surface area contributed by atoms with Gasteiger partial charge in [0, 0.05) is 29.9 Å². The number of rotatable bonds is 3. The Kier molecular flexibility index (Phi) is 5.02. The Balaban J connectivity index is 2.19. The lowest BCUT2D eigenvalue weighted by Gasteiger charge is -2.05. The molecule has 0 saturated heterocycles. The number of anilines is 1. The minimum absolute atomic E-state index is 0.0254. The zero-order chi connectivity index (χ0) is 15.1. The third-order valence-electron chi connectivity index (χ3n) is 2.75. The maximum atomic E-state index is 12.1. The van der Waals surface area contributed by atoms with Crippen LogP contribution >= 0.6 is 0 Å². The van der Waals surface area contributed by atoms with Gasteiger partial charge in [-0.15, -0.1) is 0 Å². The number of nitrogens with zero attached hydrogens (tertiary/aromatic N) is 2. The van der Waals surface area contributed by atoms with Crippen molar-refractivity contribution in [2.75, 3.05) is 11.9 Å². The second-order valence-electron chi connectivity index (χ2n) is 4.33. The molecule has 21 heavy (non-hydrogen) atoms. The molecule has 2 aromatic rings. The number of benzene rings is 1. The molecule has 5 nitrogen and oxygen atoms in total. The van der Waals surface area contributed by atoms with Gasteiger partial charge < -0.3 is 5.11 Å². The molecule has 0 aliphatic rings. The molecule has 1 heterocycles. The van der Waals surface area contributed by atoms with Crippen molar-refractivity contribution in [1.82, 2.24) is 9.97 Å². The fraction of sp³-hybridized carbons (Fsp3) is 0.188. The number of amides is 1. The summed E-state index contributed by atoms with van der Waals surface area (Å²) >= 11 is 0. The number of aromatic nitrogens is 2. The van der Waals surface area contributed by atoms with E-state index in [1.807, 2.05) is 13.0 Å². The lowest BCUT2D eigenvalue weighted by molar-refractivity contribution is 0.102. The Morgan fingerprint density at radius 1 is 1.33 bits per heavy atom. The predicted molar refractivity (Wildman–Crippen MR) is 79.7 cm³/mol. The summed E-state index contributed by atoms with van der Waals surface area (Å²) in [6.45, 7) is 1.95. The van der Waals surface area contributed by atoms with E-state index in [4.69, 9.17) is 5.11 Å². The summed E-state index contributed by atoms with van der Waals surface area (Å²) in [6, 6.07) is 6.96. The van der Waals surface area contributed by atoms with Gasteiger partial charge in [-0.3, -0.25) is 10.1 Å². The number of aliphatic hydroxyl groups excluding tert-OH is 1. The van der Waals surface area contributed by atoms with E-state index in [1.165, 1.54) is 0 Å². The highest BCUT2D eigenvalue weighted by Crippen LogP contribution is 2.11.